The molecule has 0 bridgehead atoms. The smallest absolute Gasteiger partial charge is 0.327 e. The highest BCUT2D eigenvalue weighted by atomic mass is 16.4. The number of nitrogens with one attached hydrogen (secondary N) is 1. The number of hydrogen-bond donors (Lipinski definition) is 3. The number of imide groups is 1. The summed E-state index contributed by atoms with van der Waals surface area (Å²) in [6.45, 7) is 1.37. The Morgan fingerprint density at radius 1 is 1.17 bits per heavy atom. The number of benzene rings is 1. The summed E-state index contributed by atoms with van der Waals surface area (Å²) in [5.74, 6) is -4.63. The summed E-state index contributed by atoms with van der Waals surface area (Å²) in [5, 5.41) is 23.3. The summed E-state index contributed by atoms with van der Waals surface area (Å²) in [6, 6.07) is 13.3. The van der Waals surface area contributed by atoms with Crippen LogP contribution >= 0.6 is 0 Å². The minimum atomic E-state index is -1.98. The van der Waals surface area contributed by atoms with Crippen molar-refractivity contribution in [1.82, 2.24) is 15.2 Å². The van der Waals surface area contributed by atoms with Gasteiger partial charge >= 0.3 is 5.97 Å². The number of nitrogens with zero attached hydrogens (tertiary/aromatic N) is 2. The molecule has 2 aliphatic rings. The van der Waals surface area contributed by atoms with E-state index in [2.05, 4.69) is 10.3 Å². The highest BCUT2D eigenvalue weighted by Crippen LogP contribution is 2.50. The molecule has 8 nitrogen and oxygen atoms in total. The number of aliphatic hydroxyl groups excluding tert-OH is 1. The van der Waals surface area contributed by atoms with E-state index in [1.165, 1.54) is 13.1 Å². The zero-order valence-corrected chi connectivity index (χ0v) is 15.7. The molecule has 2 fully saturated rings. The Hall–Kier alpha value is -3.10. The molecule has 5 atom stereocenters. The maximum atomic E-state index is 13.3. The summed E-state index contributed by atoms with van der Waals surface area (Å²) < 4.78 is 0. The highest BCUT2D eigenvalue weighted by Gasteiger charge is 2.70. The lowest BCUT2D eigenvalue weighted by molar-refractivity contribution is -0.157. The molecule has 0 saturated carbocycles. The van der Waals surface area contributed by atoms with Gasteiger partial charge in [-0.25, -0.2) is 0 Å². The first-order chi connectivity index (χ1) is 13.9. The van der Waals surface area contributed by atoms with E-state index in [1.807, 2.05) is 6.07 Å². The van der Waals surface area contributed by atoms with E-state index in [0.717, 1.165) is 10.5 Å². The van der Waals surface area contributed by atoms with Crippen molar-refractivity contribution in [3.63, 3.8) is 0 Å². The van der Waals surface area contributed by atoms with Crippen molar-refractivity contribution in [2.45, 2.75) is 31.2 Å². The molecular formula is C21H21N3O5. The number of carboxylic acid groups (broad SMARTS) is 1. The number of carboxylic acids is 1. The van der Waals surface area contributed by atoms with E-state index in [4.69, 9.17) is 0 Å². The highest BCUT2D eigenvalue weighted by molar-refractivity contribution is 6.09. The number of aliphatic carboxylic acids is 1. The summed E-state index contributed by atoms with van der Waals surface area (Å²) in [6.07, 6.45) is 0.132. The standard InChI is InChI=1S/C21H21N3O5/c1-12(25)21(20(28)29)16-15(17(23-21)14-9-5-6-10-22-14)18(26)24(19(16)27)11-13-7-3-2-4-8-13/h2-10,12,15-17,23,25H,11H2,1H3,(H,28,29). The summed E-state index contributed by atoms with van der Waals surface area (Å²) in [7, 11) is 0. The third-order valence-corrected chi connectivity index (χ3v) is 5.89. The number of carbonyl (C=O) groups excluding carboxylic acids is 2. The fraction of sp³-hybridized carbons (Fsp3) is 0.333. The Kier molecular flexibility index (Phi) is 4.68. The van der Waals surface area contributed by atoms with E-state index in [0.29, 0.717) is 5.69 Å². The first-order valence-electron chi connectivity index (χ1n) is 9.37. The van der Waals surface area contributed by atoms with Crippen molar-refractivity contribution in [3.05, 3.63) is 66.0 Å². The van der Waals surface area contributed by atoms with Crippen molar-refractivity contribution < 1.29 is 24.6 Å². The number of aliphatic hydroxyl groups is 1. The molecule has 8 heteroatoms. The van der Waals surface area contributed by atoms with Crippen LogP contribution in [0.15, 0.2) is 54.7 Å². The molecular weight excluding hydrogens is 374 g/mol. The van der Waals surface area contributed by atoms with Gasteiger partial charge in [-0.3, -0.25) is 29.6 Å². The van der Waals surface area contributed by atoms with Gasteiger partial charge in [0.05, 0.1) is 36.2 Å². The summed E-state index contributed by atoms with van der Waals surface area (Å²) in [5.41, 5.74) is -0.770. The van der Waals surface area contributed by atoms with Gasteiger partial charge < -0.3 is 10.2 Å². The van der Waals surface area contributed by atoms with Gasteiger partial charge in [-0.15, -0.1) is 0 Å². The van der Waals surface area contributed by atoms with Crippen molar-refractivity contribution >= 4 is 17.8 Å². The molecule has 1 aromatic heterocycles. The molecule has 3 heterocycles. The number of carbonyl (C=O) groups is 3. The van der Waals surface area contributed by atoms with Gasteiger partial charge in [-0.2, -0.15) is 0 Å². The van der Waals surface area contributed by atoms with Crippen LogP contribution < -0.4 is 5.32 Å². The first-order valence-corrected chi connectivity index (χ1v) is 9.37. The average Bonchev–Trinajstić information content (AvgIpc) is 3.20. The Balaban J connectivity index is 1.80. The normalized spacial score (nSPS) is 29.7. The molecule has 2 saturated heterocycles. The van der Waals surface area contributed by atoms with Crippen molar-refractivity contribution in [3.8, 4) is 0 Å². The zero-order valence-electron chi connectivity index (χ0n) is 15.7. The maximum absolute atomic E-state index is 13.3. The van der Waals surface area contributed by atoms with Crippen LogP contribution in [0.25, 0.3) is 0 Å². The molecule has 5 unspecified atom stereocenters. The predicted octanol–water partition coefficient (Wildman–Crippen LogP) is 0.731. The molecule has 4 rings (SSSR count). The Bertz CT molecular complexity index is 949. The van der Waals surface area contributed by atoms with Gasteiger partial charge in [0.1, 0.15) is 0 Å². The number of rotatable bonds is 5. The van der Waals surface area contributed by atoms with Gasteiger partial charge in [-0.05, 0) is 24.6 Å². The van der Waals surface area contributed by atoms with Crippen LogP contribution in [0.5, 0.6) is 0 Å². The topological polar surface area (TPSA) is 120 Å². The third-order valence-electron chi connectivity index (χ3n) is 5.89. The summed E-state index contributed by atoms with van der Waals surface area (Å²) in [4.78, 5) is 44.2. The van der Waals surface area contributed by atoms with Gasteiger partial charge in [0.2, 0.25) is 11.8 Å². The average molecular weight is 395 g/mol. The van der Waals surface area contributed by atoms with Gasteiger partial charge in [0.25, 0.3) is 0 Å². The van der Waals surface area contributed by atoms with Crippen LogP contribution in [0.4, 0.5) is 0 Å². The fourth-order valence-electron chi connectivity index (χ4n) is 4.50. The second-order valence-electron chi connectivity index (χ2n) is 7.48. The van der Waals surface area contributed by atoms with Gasteiger partial charge in [0, 0.05) is 6.20 Å². The monoisotopic (exact) mass is 395 g/mol. The Morgan fingerprint density at radius 3 is 2.45 bits per heavy atom. The number of fused-ring (bicyclic) bond motifs is 1. The molecule has 150 valence electrons. The number of hydrogen-bond acceptors (Lipinski definition) is 6. The minimum Gasteiger partial charge on any atom is -0.480 e. The van der Waals surface area contributed by atoms with E-state index in [1.54, 1.807) is 42.5 Å². The van der Waals surface area contributed by atoms with Crippen molar-refractivity contribution in [2.75, 3.05) is 0 Å². The Labute approximate surface area is 167 Å². The zero-order chi connectivity index (χ0) is 20.8. The molecule has 0 spiro atoms. The molecule has 3 N–H and O–H groups in total. The van der Waals surface area contributed by atoms with Crippen molar-refractivity contribution in [2.24, 2.45) is 11.8 Å². The second kappa shape index (κ2) is 7.06. The van der Waals surface area contributed by atoms with Gasteiger partial charge in [-0.1, -0.05) is 36.4 Å². The van der Waals surface area contributed by atoms with Crippen LogP contribution in [0, 0.1) is 11.8 Å². The van der Waals surface area contributed by atoms with Crippen LogP contribution in [0.3, 0.4) is 0 Å². The molecule has 29 heavy (non-hydrogen) atoms. The fourth-order valence-corrected chi connectivity index (χ4v) is 4.50. The minimum absolute atomic E-state index is 0.0515. The molecule has 0 aliphatic carbocycles. The molecule has 2 aliphatic heterocycles. The van der Waals surface area contributed by atoms with Crippen LogP contribution in [-0.4, -0.2) is 49.5 Å². The van der Waals surface area contributed by atoms with Crippen LogP contribution in [-0.2, 0) is 20.9 Å². The first kappa shape index (κ1) is 19.2. The molecule has 2 aromatic rings. The maximum Gasteiger partial charge on any atom is 0.327 e. The van der Waals surface area contributed by atoms with E-state index in [-0.39, 0.29) is 6.54 Å². The lowest BCUT2D eigenvalue weighted by Crippen LogP contribution is -2.62. The number of amides is 2. The predicted molar refractivity (Wildman–Crippen MR) is 101 cm³/mol. The van der Waals surface area contributed by atoms with E-state index < -0.39 is 47.3 Å². The molecule has 1 aromatic carbocycles. The second-order valence-corrected chi connectivity index (χ2v) is 7.48. The third kappa shape index (κ3) is 2.83. The van der Waals surface area contributed by atoms with Crippen LogP contribution in [0.1, 0.15) is 24.2 Å². The molecule has 2 amide bonds. The number of aromatic nitrogens is 1. The Morgan fingerprint density at radius 2 is 1.86 bits per heavy atom. The largest absolute Gasteiger partial charge is 0.480 e. The van der Waals surface area contributed by atoms with E-state index in [9.17, 15) is 24.6 Å². The van der Waals surface area contributed by atoms with Crippen LogP contribution in [0.2, 0.25) is 0 Å². The lowest BCUT2D eigenvalue weighted by Gasteiger charge is -2.33. The van der Waals surface area contributed by atoms with Crippen molar-refractivity contribution in [1.29, 1.82) is 0 Å². The summed E-state index contributed by atoms with van der Waals surface area (Å²) >= 11 is 0. The van der Waals surface area contributed by atoms with E-state index >= 15 is 0 Å². The number of pyridine rings is 1. The number of likely N-dealkylation sites (tertiary alicyclic amines) is 1. The molecule has 0 radical (unpaired) electrons. The SMILES string of the molecule is CC(O)C1(C(=O)O)NC(c2ccccn2)C2C(=O)N(Cc3ccccc3)C(=O)C21. The quantitative estimate of drug-likeness (QED) is 0.639. The lowest BCUT2D eigenvalue weighted by atomic mass is 9.77. The van der Waals surface area contributed by atoms with Gasteiger partial charge in [0.15, 0.2) is 5.54 Å².